The lowest BCUT2D eigenvalue weighted by Crippen LogP contribution is -2.53. The second-order valence-electron chi connectivity index (χ2n) is 13.6. The van der Waals surface area contributed by atoms with Crippen LogP contribution >= 0.6 is 0 Å². The molecular weight excluding hydrogens is 877 g/mol. The molecule has 0 spiro atoms. The van der Waals surface area contributed by atoms with Crippen molar-refractivity contribution in [3.05, 3.63) is 90.0 Å². The summed E-state index contributed by atoms with van der Waals surface area (Å²) in [5, 5.41) is -0.0590. The fourth-order valence-corrected chi connectivity index (χ4v) is 6.13. The van der Waals surface area contributed by atoms with Gasteiger partial charge in [-0.3, -0.25) is 14.4 Å². The van der Waals surface area contributed by atoms with E-state index in [1.165, 1.54) is 36.8 Å². The van der Waals surface area contributed by atoms with Crippen molar-refractivity contribution < 1.29 is 67.8 Å². The lowest BCUT2D eigenvalue weighted by Gasteiger charge is -2.41. The van der Waals surface area contributed by atoms with Crippen LogP contribution in [0.3, 0.4) is 0 Å². The molecule has 0 aromatic carbocycles. The third-order valence-corrected chi connectivity index (χ3v) is 9.37. The average Bonchev–Trinajstić information content (AvgIpc) is 0.842. The van der Waals surface area contributed by atoms with Crippen molar-refractivity contribution in [2.24, 2.45) is 17.7 Å². The number of likely N-dealkylation sites (N-methyl/N-ethyl adjacent to an activating group) is 3. The largest absolute Gasteiger partial charge is 0.354 e. The molecule has 9 heterocycles. The highest BCUT2D eigenvalue weighted by Gasteiger charge is 2.36. The maximum Gasteiger partial charge on any atom is 0.302 e. The van der Waals surface area contributed by atoms with Gasteiger partial charge in [0.1, 0.15) is 61.6 Å². The molecule has 6 atom stereocenters. The van der Waals surface area contributed by atoms with Crippen LogP contribution < -0.4 is 14.7 Å². The smallest absolute Gasteiger partial charge is 0.302 e. The van der Waals surface area contributed by atoms with E-state index in [0.717, 1.165) is 32.8 Å². The number of carbonyl (C=O) groups is 3. The lowest BCUT2D eigenvalue weighted by atomic mass is 9.92. The Hall–Kier alpha value is -7.86. The molecule has 0 aliphatic carbocycles. The van der Waals surface area contributed by atoms with Crippen LogP contribution in [-0.4, -0.2) is 175 Å². The number of carbonyl (C=O) groups excluding carboxylic acids is 3. The van der Waals surface area contributed by atoms with Gasteiger partial charge in [-0.05, 0) is 55.0 Å². The summed E-state index contributed by atoms with van der Waals surface area (Å²) >= 11 is 0. The number of anilines is 3. The van der Waals surface area contributed by atoms with E-state index in [2.05, 4.69) is 59.4 Å². The maximum atomic E-state index is 13.1. The number of piperidine rings is 3. The van der Waals surface area contributed by atoms with Crippen molar-refractivity contribution in [2.45, 2.75) is 57.9 Å². The molecule has 6 aromatic heterocycles. The number of likely N-dealkylation sites (tertiary alicyclic amines) is 3. The Morgan fingerprint density at radius 3 is 1.45 bits per heavy atom. The first-order valence-electron chi connectivity index (χ1n) is 38.7. The number of nitrogens with zero attached hydrogens (tertiary/aromatic N) is 15. The lowest BCUT2D eigenvalue weighted by molar-refractivity contribution is -0.131. The first-order valence-corrected chi connectivity index (χ1v) is 19.2. The molecule has 69 heavy (non-hydrogen) atoms. The number of hydrogen-bond acceptors (Lipinski definition) is 12. The van der Waals surface area contributed by atoms with Crippen LogP contribution in [0.25, 0.3) is 47.6 Å². The minimum atomic E-state index is -4.09. The van der Waals surface area contributed by atoms with Gasteiger partial charge in [-0.2, -0.15) is 0 Å². The number of aromatic amines is 3. The first kappa shape index (κ1) is 19.6. The zero-order valence-electron chi connectivity index (χ0n) is 74.4. The number of nitrogens with one attached hydrogen (secondary N) is 3. The van der Waals surface area contributed by atoms with E-state index in [1.54, 1.807) is 0 Å². The number of hydrogen-bond donors (Lipinski definition) is 3. The van der Waals surface area contributed by atoms with Crippen molar-refractivity contribution in [1.82, 2.24) is 59.6 Å². The van der Waals surface area contributed by atoms with Crippen molar-refractivity contribution in [3.63, 3.8) is 0 Å². The Morgan fingerprint density at radius 1 is 0.638 bits per heavy atom. The van der Waals surface area contributed by atoms with Crippen LogP contribution in [0.5, 0.6) is 0 Å². The third kappa shape index (κ3) is 11.0. The SMILES string of the molecule is [2H]C([2H])([N+]#[C-])C(=O)N1C([2H])([2H])C([2H])([2H])[C@@H](C)[C@@]([2H])(N(c2ncnc3[nH]ccc23)C([2H])([2H])[2H])C1([2H])[2H].[2H]C([2H])([N+]#[C-])C(=O)N1C([2H])([2H])[C@H](N(c2ncnc3[nH]ccc23)C([2H])([2H])[2H])[C@]([2H])(C([2H])([2H])[2H])C([2H])([2H])C1([2H])[2H].[2H]C([2H])([N+]#[C-])C(=O)N1C([2H])([2H])[C@H](N(c2ncnc3[nH]ccc23)C([2H])([2H])[2H])[C@]([2H])(C)C([2H])([2H])C1([2H])[2H]. The highest BCUT2D eigenvalue weighted by molar-refractivity contribution is 5.89. The Kier molecular flexibility index (Phi) is 6.34. The van der Waals surface area contributed by atoms with Crippen molar-refractivity contribution in [2.75, 3.05) is 94.1 Å². The van der Waals surface area contributed by atoms with Crippen LogP contribution in [0.1, 0.15) is 93.3 Å². The Labute approximate surface area is 456 Å². The maximum absolute atomic E-state index is 13.1. The molecule has 21 nitrogen and oxygen atoms in total. The summed E-state index contributed by atoms with van der Waals surface area (Å²) < 4.78 is 322. The summed E-state index contributed by atoms with van der Waals surface area (Å²) in [6.07, 6.45) is -4.15. The Morgan fingerprint density at radius 2 is 1.03 bits per heavy atom. The van der Waals surface area contributed by atoms with Crippen LogP contribution in [0, 0.1) is 37.4 Å². The fraction of sp³-hybridized carbons (Fsp3) is 0.500. The Bertz CT molecular complexity index is 4600. The van der Waals surface area contributed by atoms with E-state index in [9.17, 15) is 14.4 Å². The zero-order valence-corrected chi connectivity index (χ0v) is 35.4. The molecule has 3 N–H and O–H groups in total. The molecule has 3 aliphatic rings. The Balaban J connectivity index is 0.000000226. The molecule has 3 saturated heterocycles. The van der Waals surface area contributed by atoms with E-state index in [-0.39, 0.29) is 42.9 Å². The van der Waals surface area contributed by atoms with E-state index in [1.807, 2.05) is 0 Å². The molecule has 3 aliphatic heterocycles. The molecule has 3 amide bonds. The summed E-state index contributed by atoms with van der Waals surface area (Å²) in [5.74, 6) is -17.1. The minimum Gasteiger partial charge on any atom is -0.354 e. The molecule has 360 valence electrons. The normalized spacial score (nSPS) is 40.7. The van der Waals surface area contributed by atoms with Crippen LogP contribution in [-0.2, 0) is 14.4 Å². The topological polar surface area (TPSA) is 208 Å². The number of amides is 3. The average molecular weight is 976 g/mol. The highest BCUT2D eigenvalue weighted by Crippen LogP contribution is 2.31. The molecule has 6 aromatic rings. The number of aromatic nitrogens is 9. The molecule has 21 heteroatoms. The van der Waals surface area contributed by atoms with E-state index < -0.39 is 191 Å². The van der Waals surface area contributed by atoms with Gasteiger partial charge in [0.05, 0.1) is 43.9 Å². The molecule has 9 rings (SSSR count). The second-order valence-corrected chi connectivity index (χ2v) is 13.6. The highest BCUT2D eigenvalue weighted by atomic mass is 16.2. The quantitative estimate of drug-likeness (QED) is 0.169. The summed E-state index contributed by atoms with van der Waals surface area (Å²) in [6.45, 7) is -25.0. The van der Waals surface area contributed by atoms with Crippen LogP contribution in [0.15, 0.2) is 55.8 Å². The van der Waals surface area contributed by atoms with Gasteiger partial charge in [0.2, 0.25) is 0 Å². The fourth-order valence-electron chi connectivity index (χ4n) is 6.13. The van der Waals surface area contributed by atoms with Gasteiger partial charge in [0, 0.05) is 114 Å². The van der Waals surface area contributed by atoms with E-state index in [4.69, 9.17) is 73.2 Å². The van der Waals surface area contributed by atoms with Gasteiger partial charge in [0.15, 0.2) is 0 Å². The molecule has 0 bridgehead atoms. The second kappa shape index (κ2) is 22.3. The van der Waals surface area contributed by atoms with Crippen LogP contribution in [0.2, 0.25) is 0 Å². The van der Waals surface area contributed by atoms with Gasteiger partial charge in [0.25, 0.3) is 19.5 Å². The van der Waals surface area contributed by atoms with Gasteiger partial charge in [-0.25, -0.2) is 49.6 Å². The van der Waals surface area contributed by atoms with Crippen molar-refractivity contribution in [3.8, 4) is 0 Å². The van der Waals surface area contributed by atoms with Crippen molar-refractivity contribution >= 4 is 68.3 Å². The predicted octanol–water partition coefficient (Wildman–Crippen LogP) is 4.65. The third-order valence-electron chi connectivity index (χ3n) is 9.37. The van der Waals surface area contributed by atoms with Crippen LogP contribution in [0.4, 0.5) is 17.5 Å². The summed E-state index contributed by atoms with van der Waals surface area (Å²) in [4.78, 5) is 76.5. The summed E-state index contributed by atoms with van der Waals surface area (Å²) in [5.41, 5.74) is 0.219. The standard InChI is InChI=1S/3C16H20N6O/c3*1-11-5-7-22(14(23)8-17-2)9-13(11)21(3)16-12-4-6-18-15(12)19-10-20-16/h3*4,6,10-11,13H,5,7-9H2,1,3H3,(H,18,19,20)/t3*11-,13+/m111/s1/i1D3,3D3,5D2,7D2,8D2,9D2,11D;3D3,5D2,7D2,8D2,9D2,13D;3D3,5D2,7D2,8D2,9D2,11D. The van der Waals surface area contributed by atoms with Gasteiger partial charge in [-0.1, -0.05) is 20.7 Å². The first-order chi connectivity index (χ1) is 48.3. The monoisotopic (exact) mass is 976 g/mol. The minimum absolute atomic E-state index is 0.00895. The molecular formula is C48H60N18O3. The molecule has 0 unspecified atom stereocenters. The molecule has 3 fully saturated rings. The summed E-state index contributed by atoms with van der Waals surface area (Å²) in [6, 6.07) is -4.94. The predicted molar refractivity (Wildman–Crippen MR) is 264 cm³/mol. The molecule has 0 radical (unpaired) electrons. The van der Waals surface area contributed by atoms with Gasteiger partial charge in [-0.15, -0.1) is 0 Å². The number of rotatable bonds is 9. The summed E-state index contributed by atoms with van der Waals surface area (Å²) in [7, 11) is 0. The van der Waals surface area contributed by atoms with E-state index in [0.29, 0.717) is 4.90 Å². The zero-order chi connectivity index (χ0) is 83.5. The number of fused-ring (bicyclic) bond motifs is 3. The number of H-pyrrole nitrogens is 3. The van der Waals surface area contributed by atoms with Crippen molar-refractivity contribution in [1.29, 1.82) is 0 Å². The van der Waals surface area contributed by atoms with Gasteiger partial charge < -0.3 is 58.9 Å². The van der Waals surface area contributed by atoms with E-state index >= 15 is 0 Å². The molecule has 0 saturated carbocycles. The van der Waals surface area contributed by atoms with Gasteiger partial charge >= 0.3 is 17.7 Å².